The van der Waals surface area contributed by atoms with Crippen molar-refractivity contribution in [2.45, 2.75) is 19.8 Å². The molecule has 9 heavy (non-hydrogen) atoms. The average Bonchev–Trinajstić information content (AvgIpc) is 1.63. The Hall–Kier alpha value is -0.860. The Kier molecular flexibility index (Phi) is 3.67. The van der Waals surface area contributed by atoms with E-state index in [0.29, 0.717) is 0 Å². The van der Waals surface area contributed by atoms with Crippen LogP contribution in [0.5, 0.6) is 0 Å². The van der Waals surface area contributed by atoms with Gasteiger partial charge < -0.3 is 5.11 Å². The van der Waals surface area contributed by atoms with Crippen molar-refractivity contribution < 1.29 is 14.7 Å². The first kappa shape index (κ1) is 8.14. The maximum absolute atomic E-state index is 9.95. The molecule has 0 saturated heterocycles. The number of aliphatic carboxylic acids is 1. The monoisotopic (exact) mass is 129 g/mol. The Morgan fingerprint density at radius 3 is 2.67 bits per heavy atom. The van der Waals surface area contributed by atoms with Gasteiger partial charge in [0.05, 0.1) is 0 Å². The van der Waals surface area contributed by atoms with Crippen LogP contribution in [0.1, 0.15) is 19.8 Å². The second-order valence-electron chi connectivity index (χ2n) is 2.05. The smallest absolute Gasteiger partial charge is 0.303 e. The number of hydrogen-bond acceptors (Lipinski definition) is 2. The lowest BCUT2D eigenvalue weighted by molar-refractivity contribution is -0.137. The van der Waals surface area contributed by atoms with E-state index in [-0.39, 0.29) is 18.8 Å². The zero-order chi connectivity index (χ0) is 7.28. The predicted octanol–water partition coefficient (Wildman–Crippen LogP) is 0.597. The Morgan fingerprint density at radius 1 is 1.78 bits per heavy atom. The number of carbonyl (C=O) groups excluding carboxylic acids is 1. The molecule has 1 unspecified atom stereocenters. The maximum atomic E-state index is 9.95. The molecule has 0 aliphatic carbocycles. The van der Waals surface area contributed by atoms with Crippen molar-refractivity contribution in [1.82, 2.24) is 0 Å². The first-order valence-electron chi connectivity index (χ1n) is 2.73. The molecule has 3 nitrogen and oxygen atoms in total. The van der Waals surface area contributed by atoms with Gasteiger partial charge in [-0.2, -0.15) is 0 Å². The van der Waals surface area contributed by atoms with Gasteiger partial charge in [-0.3, -0.25) is 9.59 Å². The van der Waals surface area contributed by atoms with Gasteiger partial charge in [0.1, 0.15) is 0 Å². The minimum absolute atomic E-state index is 0.0508. The van der Waals surface area contributed by atoms with Crippen molar-refractivity contribution in [1.29, 1.82) is 0 Å². The SMILES string of the molecule is CC(C[C]=O)CC(=O)O. The molecule has 0 fully saturated rings. The van der Waals surface area contributed by atoms with E-state index >= 15 is 0 Å². The van der Waals surface area contributed by atoms with Crippen LogP contribution in [-0.4, -0.2) is 17.4 Å². The highest BCUT2D eigenvalue weighted by Crippen LogP contribution is 2.03. The number of carboxylic acids is 1. The van der Waals surface area contributed by atoms with E-state index in [4.69, 9.17) is 5.11 Å². The molecule has 1 radical (unpaired) electrons. The summed E-state index contributed by atoms with van der Waals surface area (Å²) in [7, 11) is 0. The fourth-order valence-corrected chi connectivity index (χ4v) is 0.513. The van der Waals surface area contributed by atoms with Crippen LogP contribution in [0.25, 0.3) is 0 Å². The summed E-state index contributed by atoms with van der Waals surface area (Å²) < 4.78 is 0. The van der Waals surface area contributed by atoms with Gasteiger partial charge in [-0.1, -0.05) is 6.92 Å². The minimum atomic E-state index is -0.863. The first-order valence-corrected chi connectivity index (χ1v) is 2.73. The number of carboxylic acid groups (broad SMARTS) is 1. The summed E-state index contributed by atoms with van der Waals surface area (Å²) in [5.41, 5.74) is 0. The van der Waals surface area contributed by atoms with Gasteiger partial charge in [0, 0.05) is 12.8 Å². The zero-order valence-electron chi connectivity index (χ0n) is 5.26. The van der Waals surface area contributed by atoms with Crippen molar-refractivity contribution in [3.05, 3.63) is 0 Å². The lowest BCUT2D eigenvalue weighted by atomic mass is 10.1. The van der Waals surface area contributed by atoms with Gasteiger partial charge in [-0.25, -0.2) is 0 Å². The van der Waals surface area contributed by atoms with Crippen LogP contribution < -0.4 is 0 Å². The fourth-order valence-electron chi connectivity index (χ4n) is 0.513. The molecule has 0 bridgehead atoms. The minimum Gasteiger partial charge on any atom is -0.481 e. The van der Waals surface area contributed by atoms with Crippen molar-refractivity contribution in [3.8, 4) is 0 Å². The second-order valence-corrected chi connectivity index (χ2v) is 2.05. The normalized spacial score (nSPS) is 12.6. The molecule has 0 aromatic carbocycles. The third kappa shape index (κ3) is 5.00. The van der Waals surface area contributed by atoms with Crippen molar-refractivity contribution in [2.75, 3.05) is 0 Å². The lowest BCUT2D eigenvalue weighted by Crippen LogP contribution is -2.03. The summed E-state index contributed by atoms with van der Waals surface area (Å²) in [6, 6.07) is 0. The van der Waals surface area contributed by atoms with E-state index in [0.717, 1.165) is 0 Å². The summed E-state index contributed by atoms with van der Waals surface area (Å²) in [6.45, 7) is 1.71. The molecule has 0 aromatic rings. The fraction of sp³-hybridized carbons (Fsp3) is 0.667. The van der Waals surface area contributed by atoms with Crippen LogP contribution in [0.4, 0.5) is 0 Å². The molecule has 0 spiro atoms. The van der Waals surface area contributed by atoms with E-state index in [1.807, 2.05) is 0 Å². The van der Waals surface area contributed by atoms with Crippen molar-refractivity contribution in [2.24, 2.45) is 5.92 Å². The van der Waals surface area contributed by atoms with E-state index in [1.54, 1.807) is 13.2 Å². The molecule has 1 atom stereocenters. The van der Waals surface area contributed by atoms with Gasteiger partial charge in [-0.15, -0.1) is 0 Å². The molecule has 0 amide bonds. The predicted molar refractivity (Wildman–Crippen MR) is 31.7 cm³/mol. The standard InChI is InChI=1S/C6H9O3/c1-5(2-3-7)4-6(8)9/h5H,2,4H2,1H3,(H,8,9). The Balaban J connectivity index is 3.37. The van der Waals surface area contributed by atoms with E-state index in [2.05, 4.69) is 0 Å². The summed E-state index contributed by atoms with van der Waals surface area (Å²) in [6.07, 6.45) is 1.92. The highest BCUT2D eigenvalue weighted by molar-refractivity contribution is 5.67. The number of rotatable bonds is 4. The largest absolute Gasteiger partial charge is 0.481 e. The second kappa shape index (κ2) is 4.06. The van der Waals surface area contributed by atoms with Gasteiger partial charge >= 0.3 is 5.97 Å². The van der Waals surface area contributed by atoms with E-state index in [1.165, 1.54) is 0 Å². The summed E-state index contributed by atoms with van der Waals surface area (Å²) in [5, 5.41) is 8.18. The molecular formula is C6H9O3. The number of carbonyl (C=O) groups is 1. The van der Waals surface area contributed by atoms with Gasteiger partial charge in [0.25, 0.3) is 0 Å². The highest BCUT2D eigenvalue weighted by Gasteiger charge is 2.05. The Morgan fingerprint density at radius 2 is 2.33 bits per heavy atom. The van der Waals surface area contributed by atoms with E-state index in [9.17, 15) is 9.59 Å². The average molecular weight is 129 g/mol. The molecule has 51 valence electrons. The molecule has 0 aliphatic heterocycles. The van der Waals surface area contributed by atoms with Gasteiger partial charge in [0.15, 0.2) is 6.29 Å². The molecule has 0 saturated carbocycles. The van der Waals surface area contributed by atoms with Gasteiger partial charge in [-0.05, 0) is 5.92 Å². The van der Waals surface area contributed by atoms with Crippen LogP contribution in [0.15, 0.2) is 0 Å². The summed E-state index contributed by atoms with van der Waals surface area (Å²) in [4.78, 5) is 19.6. The molecular weight excluding hydrogens is 120 g/mol. The summed E-state index contributed by atoms with van der Waals surface area (Å²) in [5.74, 6) is -0.947. The third-order valence-electron chi connectivity index (χ3n) is 0.955. The van der Waals surface area contributed by atoms with Crippen LogP contribution in [0.2, 0.25) is 0 Å². The quantitative estimate of drug-likeness (QED) is 0.604. The Labute approximate surface area is 53.7 Å². The summed E-state index contributed by atoms with van der Waals surface area (Å²) >= 11 is 0. The molecule has 0 heterocycles. The van der Waals surface area contributed by atoms with Gasteiger partial charge in [0.2, 0.25) is 0 Å². The lowest BCUT2D eigenvalue weighted by Gasteiger charge is -1.99. The molecule has 0 aromatic heterocycles. The highest BCUT2D eigenvalue weighted by atomic mass is 16.4. The van der Waals surface area contributed by atoms with Crippen LogP contribution in [-0.2, 0) is 9.59 Å². The van der Waals surface area contributed by atoms with Crippen LogP contribution in [0.3, 0.4) is 0 Å². The number of hydrogen-bond donors (Lipinski definition) is 1. The van der Waals surface area contributed by atoms with Crippen LogP contribution in [0, 0.1) is 5.92 Å². The molecule has 1 N–H and O–H groups in total. The molecule has 0 rings (SSSR count). The molecule has 0 aliphatic rings. The zero-order valence-corrected chi connectivity index (χ0v) is 5.26. The van der Waals surface area contributed by atoms with Crippen molar-refractivity contribution in [3.63, 3.8) is 0 Å². The third-order valence-corrected chi connectivity index (χ3v) is 0.955. The topological polar surface area (TPSA) is 54.4 Å². The maximum Gasteiger partial charge on any atom is 0.303 e. The first-order chi connectivity index (χ1) is 4.16. The van der Waals surface area contributed by atoms with E-state index < -0.39 is 5.97 Å². The van der Waals surface area contributed by atoms with Crippen LogP contribution >= 0.6 is 0 Å². The molecule has 3 heteroatoms. The Bertz CT molecular complexity index is 109. The van der Waals surface area contributed by atoms with Crippen molar-refractivity contribution >= 4 is 12.3 Å².